The lowest BCUT2D eigenvalue weighted by atomic mass is 10.1. The molecule has 0 aliphatic rings. The van der Waals surface area contributed by atoms with Crippen LogP contribution >= 0.6 is 0 Å². The van der Waals surface area contributed by atoms with Crippen LogP contribution in [0.2, 0.25) is 0 Å². The second kappa shape index (κ2) is 5.52. The van der Waals surface area contributed by atoms with Crippen molar-refractivity contribution in [3.63, 3.8) is 0 Å². The van der Waals surface area contributed by atoms with Gasteiger partial charge in [-0.3, -0.25) is 9.59 Å². The normalized spacial score (nSPS) is 10.2. The molecule has 0 radical (unpaired) electrons. The SMILES string of the molecule is Cc1ccc(C[n+]2cc(C(N)=O)cc(C(N)=O)c2)cc1. The van der Waals surface area contributed by atoms with Crippen LogP contribution in [0.3, 0.4) is 0 Å². The summed E-state index contributed by atoms with van der Waals surface area (Å²) in [6.07, 6.45) is 3.21. The van der Waals surface area contributed by atoms with Crippen LogP contribution < -0.4 is 16.0 Å². The summed E-state index contributed by atoms with van der Waals surface area (Å²) in [4.78, 5) is 22.6. The molecule has 0 aliphatic heterocycles. The van der Waals surface area contributed by atoms with Crippen molar-refractivity contribution in [2.75, 3.05) is 0 Å². The number of hydrogen-bond donors (Lipinski definition) is 2. The number of nitrogens with two attached hydrogens (primary N) is 2. The molecular formula is C15H16N3O2+. The lowest BCUT2D eigenvalue weighted by Crippen LogP contribution is -2.37. The van der Waals surface area contributed by atoms with Crippen LogP contribution in [-0.2, 0) is 6.54 Å². The van der Waals surface area contributed by atoms with E-state index in [-0.39, 0.29) is 11.1 Å². The second-order valence-electron chi connectivity index (χ2n) is 4.70. The Morgan fingerprint density at radius 1 is 1.00 bits per heavy atom. The fraction of sp³-hybridized carbons (Fsp3) is 0.133. The number of carbonyl (C=O) groups excluding carboxylic acids is 2. The van der Waals surface area contributed by atoms with Crippen molar-refractivity contribution >= 4 is 11.8 Å². The fourth-order valence-corrected chi connectivity index (χ4v) is 1.90. The molecule has 5 nitrogen and oxygen atoms in total. The van der Waals surface area contributed by atoms with Crippen LogP contribution in [0.25, 0.3) is 0 Å². The maximum atomic E-state index is 11.3. The van der Waals surface area contributed by atoms with E-state index in [1.165, 1.54) is 11.6 Å². The van der Waals surface area contributed by atoms with E-state index < -0.39 is 11.8 Å². The number of hydrogen-bond acceptors (Lipinski definition) is 2. The summed E-state index contributed by atoms with van der Waals surface area (Å²) in [6.45, 7) is 2.54. The van der Waals surface area contributed by atoms with Crippen molar-refractivity contribution in [3.05, 3.63) is 65.0 Å². The Kier molecular flexibility index (Phi) is 3.79. The van der Waals surface area contributed by atoms with E-state index in [0.717, 1.165) is 5.56 Å². The van der Waals surface area contributed by atoms with Crippen LogP contribution in [0.15, 0.2) is 42.7 Å². The summed E-state index contributed by atoms with van der Waals surface area (Å²) in [7, 11) is 0. The molecule has 1 aromatic carbocycles. The van der Waals surface area contributed by atoms with Gasteiger partial charge in [-0.05, 0) is 13.0 Å². The van der Waals surface area contributed by atoms with Crippen LogP contribution in [0.5, 0.6) is 0 Å². The molecule has 0 spiro atoms. The molecule has 0 saturated heterocycles. The van der Waals surface area contributed by atoms with Crippen molar-refractivity contribution in [1.29, 1.82) is 0 Å². The molecule has 0 unspecified atom stereocenters. The molecule has 20 heavy (non-hydrogen) atoms. The number of amides is 2. The van der Waals surface area contributed by atoms with Gasteiger partial charge in [-0.1, -0.05) is 29.8 Å². The minimum Gasteiger partial charge on any atom is -0.365 e. The minimum absolute atomic E-state index is 0.258. The highest BCUT2D eigenvalue weighted by Crippen LogP contribution is 2.05. The number of aromatic nitrogens is 1. The van der Waals surface area contributed by atoms with Gasteiger partial charge in [0, 0.05) is 5.56 Å². The van der Waals surface area contributed by atoms with Gasteiger partial charge in [-0.2, -0.15) is 4.57 Å². The Hall–Kier alpha value is -2.69. The van der Waals surface area contributed by atoms with Crippen molar-refractivity contribution in [2.45, 2.75) is 13.5 Å². The van der Waals surface area contributed by atoms with Crippen LogP contribution in [0.4, 0.5) is 0 Å². The van der Waals surface area contributed by atoms with Crippen molar-refractivity contribution in [2.24, 2.45) is 11.5 Å². The van der Waals surface area contributed by atoms with Crippen LogP contribution in [-0.4, -0.2) is 11.8 Å². The van der Waals surface area contributed by atoms with Gasteiger partial charge >= 0.3 is 0 Å². The summed E-state index contributed by atoms with van der Waals surface area (Å²) in [5.74, 6) is -1.18. The lowest BCUT2D eigenvalue weighted by molar-refractivity contribution is -0.688. The summed E-state index contributed by atoms with van der Waals surface area (Å²) in [5.41, 5.74) is 13.3. The monoisotopic (exact) mass is 270 g/mol. The van der Waals surface area contributed by atoms with E-state index >= 15 is 0 Å². The molecule has 0 atom stereocenters. The lowest BCUT2D eigenvalue weighted by Gasteiger charge is -2.02. The summed E-state index contributed by atoms with van der Waals surface area (Å²) in [5, 5.41) is 0. The highest BCUT2D eigenvalue weighted by atomic mass is 16.1. The van der Waals surface area contributed by atoms with Gasteiger partial charge in [0.05, 0.1) is 0 Å². The number of primary amides is 2. The fourth-order valence-electron chi connectivity index (χ4n) is 1.90. The molecule has 1 aromatic heterocycles. The van der Waals surface area contributed by atoms with Gasteiger partial charge in [0.25, 0.3) is 11.8 Å². The molecule has 2 aromatic rings. The summed E-state index contributed by atoms with van der Waals surface area (Å²) in [6, 6.07) is 9.38. The van der Waals surface area contributed by atoms with E-state index in [1.807, 2.05) is 31.2 Å². The molecular weight excluding hydrogens is 254 g/mol. The topological polar surface area (TPSA) is 90.1 Å². The number of rotatable bonds is 4. The first-order valence-corrected chi connectivity index (χ1v) is 6.15. The molecule has 2 rings (SSSR count). The van der Waals surface area contributed by atoms with Crippen molar-refractivity contribution < 1.29 is 14.2 Å². The average Bonchev–Trinajstić information content (AvgIpc) is 2.41. The Morgan fingerprint density at radius 3 is 1.95 bits per heavy atom. The van der Waals surface area contributed by atoms with Crippen molar-refractivity contribution in [1.82, 2.24) is 0 Å². The Bertz CT molecular complexity index is 631. The van der Waals surface area contributed by atoms with Gasteiger partial charge in [0.15, 0.2) is 18.9 Å². The maximum absolute atomic E-state index is 11.3. The van der Waals surface area contributed by atoms with Gasteiger partial charge in [0.1, 0.15) is 11.1 Å². The summed E-state index contributed by atoms with van der Waals surface area (Å²) >= 11 is 0. The third-order valence-electron chi connectivity index (χ3n) is 2.98. The third-order valence-corrected chi connectivity index (χ3v) is 2.98. The highest BCUT2D eigenvalue weighted by Gasteiger charge is 2.14. The predicted octanol–water partition coefficient (Wildman–Crippen LogP) is 0.529. The Labute approximate surface area is 116 Å². The molecule has 4 N–H and O–H groups in total. The quantitative estimate of drug-likeness (QED) is 0.793. The molecule has 5 heteroatoms. The predicted molar refractivity (Wildman–Crippen MR) is 74.0 cm³/mol. The first-order valence-electron chi connectivity index (χ1n) is 6.15. The zero-order valence-corrected chi connectivity index (χ0v) is 11.2. The number of pyridine rings is 1. The van der Waals surface area contributed by atoms with E-state index in [2.05, 4.69) is 0 Å². The number of aryl methyl sites for hydroxylation is 1. The largest absolute Gasteiger partial charge is 0.365 e. The molecule has 0 fully saturated rings. The average molecular weight is 270 g/mol. The molecule has 0 saturated carbocycles. The van der Waals surface area contributed by atoms with E-state index in [4.69, 9.17) is 11.5 Å². The number of carbonyl (C=O) groups is 2. The third kappa shape index (κ3) is 3.20. The molecule has 0 aliphatic carbocycles. The van der Waals surface area contributed by atoms with Gasteiger partial charge < -0.3 is 11.5 Å². The zero-order chi connectivity index (χ0) is 14.7. The first kappa shape index (κ1) is 13.7. The van der Waals surface area contributed by atoms with E-state index in [9.17, 15) is 9.59 Å². The number of benzene rings is 1. The molecule has 102 valence electrons. The first-order chi connectivity index (χ1) is 9.45. The zero-order valence-electron chi connectivity index (χ0n) is 11.2. The van der Waals surface area contributed by atoms with Gasteiger partial charge in [-0.25, -0.2) is 0 Å². The van der Waals surface area contributed by atoms with E-state index in [1.54, 1.807) is 17.0 Å². The minimum atomic E-state index is -0.592. The Morgan fingerprint density at radius 2 is 1.50 bits per heavy atom. The smallest absolute Gasteiger partial charge is 0.254 e. The molecule has 2 amide bonds. The summed E-state index contributed by atoms with van der Waals surface area (Å²) < 4.78 is 1.73. The standard InChI is InChI=1S/C15H15N3O2/c1-10-2-4-11(5-3-10)7-18-8-12(14(16)19)6-13(9-18)15(17)20/h2-6,8-9H,7H2,1H3,(H3-,16,17,19,20)/p+1. The maximum Gasteiger partial charge on any atom is 0.254 e. The second-order valence-corrected chi connectivity index (χ2v) is 4.70. The van der Waals surface area contributed by atoms with E-state index in [0.29, 0.717) is 6.54 Å². The van der Waals surface area contributed by atoms with Gasteiger partial charge in [-0.15, -0.1) is 0 Å². The van der Waals surface area contributed by atoms with Crippen LogP contribution in [0, 0.1) is 6.92 Å². The highest BCUT2D eigenvalue weighted by molar-refractivity contribution is 5.97. The Balaban J connectivity index is 2.37. The van der Waals surface area contributed by atoms with Crippen LogP contribution in [0.1, 0.15) is 31.8 Å². The number of nitrogens with zero attached hydrogens (tertiary/aromatic N) is 1. The van der Waals surface area contributed by atoms with Gasteiger partial charge in [0.2, 0.25) is 0 Å². The molecule has 0 bridgehead atoms. The molecule has 1 heterocycles. The van der Waals surface area contributed by atoms with Crippen molar-refractivity contribution in [3.8, 4) is 0 Å².